The molecule has 1 amide bonds. The molecule has 2 saturated heterocycles. The van der Waals surface area contributed by atoms with E-state index >= 15 is 0 Å². The smallest absolute Gasteiger partial charge is 0.311 e. The van der Waals surface area contributed by atoms with Crippen LogP contribution in [0.4, 0.5) is 8.78 Å². The molecule has 0 bridgehead atoms. The Morgan fingerprint density at radius 2 is 2.04 bits per heavy atom. The van der Waals surface area contributed by atoms with Crippen LogP contribution in [-0.2, 0) is 9.53 Å². The molecule has 1 aromatic heterocycles. The second-order valence-electron chi connectivity index (χ2n) is 6.80. The van der Waals surface area contributed by atoms with E-state index in [1.54, 1.807) is 0 Å². The molecular formula is C18H16F2N2O5. The van der Waals surface area contributed by atoms with E-state index in [0.717, 1.165) is 18.4 Å². The van der Waals surface area contributed by atoms with Crippen molar-refractivity contribution in [2.45, 2.75) is 6.42 Å². The predicted molar refractivity (Wildman–Crippen MR) is 86.8 cm³/mol. The Hall–Kier alpha value is -2.81. The molecule has 2 fully saturated rings. The second-order valence-corrected chi connectivity index (χ2v) is 6.80. The zero-order valence-corrected chi connectivity index (χ0v) is 14.2. The lowest BCUT2D eigenvalue weighted by atomic mass is 9.74. The summed E-state index contributed by atoms with van der Waals surface area (Å²) in [5.74, 6) is -3.88. The van der Waals surface area contributed by atoms with Gasteiger partial charge in [-0.2, -0.15) is 0 Å². The summed E-state index contributed by atoms with van der Waals surface area (Å²) >= 11 is 0. The topological polar surface area (TPSA) is 92.9 Å². The predicted octanol–water partition coefficient (Wildman–Crippen LogP) is 2.18. The number of carbonyl (C=O) groups excluding carboxylic acids is 1. The standard InChI is InChI=1S/C18H16F2N2O5/c19-11-2-1-3-12(20)14(11)15-21-13(8-27-15)16(23)22-6-10-7-26-5-4-18(10,9-22)17(24)25/h1-3,8,10H,4-7,9H2,(H,24,25)/t10-,18+/m0/s1. The molecule has 3 heterocycles. The molecule has 0 radical (unpaired) electrons. The van der Waals surface area contributed by atoms with Gasteiger partial charge in [0.2, 0.25) is 5.89 Å². The summed E-state index contributed by atoms with van der Waals surface area (Å²) in [6.07, 6.45) is 1.34. The first-order valence-corrected chi connectivity index (χ1v) is 8.43. The molecule has 2 aromatic rings. The van der Waals surface area contributed by atoms with Crippen LogP contribution in [0.5, 0.6) is 0 Å². The molecular weight excluding hydrogens is 362 g/mol. The summed E-state index contributed by atoms with van der Waals surface area (Å²) < 4.78 is 38.2. The quantitative estimate of drug-likeness (QED) is 0.880. The van der Waals surface area contributed by atoms with Crippen molar-refractivity contribution in [1.29, 1.82) is 0 Å². The Bertz CT molecular complexity index is 895. The Balaban J connectivity index is 1.60. The van der Waals surface area contributed by atoms with Crippen LogP contribution in [0.2, 0.25) is 0 Å². The molecule has 142 valence electrons. The number of rotatable bonds is 3. The zero-order valence-electron chi connectivity index (χ0n) is 14.2. The van der Waals surface area contributed by atoms with Crippen LogP contribution in [0, 0.1) is 23.0 Å². The van der Waals surface area contributed by atoms with Crippen LogP contribution < -0.4 is 0 Å². The van der Waals surface area contributed by atoms with Gasteiger partial charge in [0, 0.05) is 25.6 Å². The minimum atomic E-state index is -1.04. The number of carbonyl (C=O) groups is 2. The average molecular weight is 378 g/mol. The summed E-state index contributed by atoms with van der Waals surface area (Å²) in [6.45, 7) is 0.832. The van der Waals surface area contributed by atoms with Crippen molar-refractivity contribution in [3.05, 3.63) is 41.8 Å². The maximum absolute atomic E-state index is 13.9. The zero-order chi connectivity index (χ0) is 19.2. The first-order valence-electron chi connectivity index (χ1n) is 8.43. The molecule has 2 atom stereocenters. The molecule has 1 N–H and O–H groups in total. The fourth-order valence-electron chi connectivity index (χ4n) is 3.81. The molecule has 7 nitrogen and oxygen atoms in total. The molecule has 2 aliphatic rings. The summed E-state index contributed by atoms with van der Waals surface area (Å²) in [6, 6.07) is 3.33. The molecule has 1 aromatic carbocycles. The first-order chi connectivity index (χ1) is 12.9. The fraction of sp³-hybridized carbons (Fsp3) is 0.389. The number of hydrogen-bond donors (Lipinski definition) is 1. The Labute approximate surface area is 152 Å². The van der Waals surface area contributed by atoms with E-state index in [1.807, 2.05) is 0 Å². The van der Waals surface area contributed by atoms with Crippen LogP contribution >= 0.6 is 0 Å². The number of amides is 1. The lowest BCUT2D eigenvalue weighted by molar-refractivity contribution is -0.157. The van der Waals surface area contributed by atoms with Crippen molar-refractivity contribution in [3.63, 3.8) is 0 Å². The number of likely N-dealkylation sites (tertiary alicyclic amines) is 1. The number of benzene rings is 1. The highest BCUT2D eigenvalue weighted by molar-refractivity contribution is 5.93. The highest BCUT2D eigenvalue weighted by atomic mass is 19.1. The van der Waals surface area contributed by atoms with Crippen molar-refractivity contribution in [2.75, 3.05) is 26.3 Å². The van der Waals surface area contributed by atoms with Gasteiger partial charge in [-0.1, -0.05) is 6.07 Å². The van der Waals surface area contributed by atoms with E-state index in [9.17, 15) is 23.5 Å². The van der Waals surface area contributed by atoms with Gasteiger partial charge in [0.1, 0.15) is 23.5 Å². The fourth-order valence-corrected chi connectivity index (χ4v) is 3.81. The SMILES string of the molecule is O=C(c1coc(-c2c(F)cccc2F)n1)N1C[C@H]2COCC[C@@]2(C(=O)O)C1. The Morgan fingerprint density at radius 3 is 2.70 bits per heavy atom. The van der Waals surface area contributed by atoms with Gasteiger partial charge >= 0.3 is 5.97 Å². The van der Waals surface area contributed by atoms with Gasteiger partial charge in [-0.15, -0.1) is 0 Å². The maximum atomic E-state index is 13.9. The number of hydrogen-bond acceptors (Lipinski definition) is 5. The third-order valence-electron chi connectivity index (χ3n) is 5.32. The summed E-state index contributed by atoms with van der Waals surface area (Å²) in [5.41, 5.74) is -1.63. The first kappa shape index (κ1) is 17.6. The molecule has 9 heteroatoms. The molecule has 27 heavy (non-hydrogen) atoms. The Morgan fingerprint density at radius 1 is 1.30 bits per heavy atom. The van der Waals surface area contributed by atoms with Gasteiger partial charge in [-0.25, -0.2) is 13.8 Å². The van der Waals surface area contributed by atoms with Crippen LogP contribution in [0.15, 0.2) is 28.9 Å². The third-order valence-corrected chi connectivity index (χ3v) is 5.32. The summed E-state index contributed by atoms with van der Waals surface area (Å²) in [5, 5.41) is 9.67. The van der Waals surface area contributed by atoms with E-state index < -0.39 is 34.5 Å². The van der Waals surface area contributed by atoms with Crippen molar-refractivity contribution in [1.82, 2.24) is 9.88 Å². The van der Waals surface area contributed by atoms with Crippen LogP contribution in [-0.4, -0.2) is 53.2 Å². The van der Waals surface area contributed by atoms with Crippen LogP contribution in [0.25, 0.3) is 11.5 Å². The monoisotopic (exact) mass is 378 g/mol. The van der Waals surface area contributed by atoms with Crippen molar-refractivity contribution in [3.8, 4) is 11.5 Å². The van der Waals surface area contributed by atoms with Crippen molar-refractivity contribution in [2.24, 2.45) is 11.3 Å². The number of nitrogens with zero attached hydrogens (tertiary/aromatic N) is 2. The number of oxazole rings is 1. The lowest BCUT2D eigenvalue weighted by Gasteiger charge is -2.33. The summed E-state index contributed by atoms with van der Waals surface area (Å²) in [4.78, 5) is 29.9. The van der Waals surface area contributed by atoms with Crippen molar-refractivity contribution >= 4 is 11.9 Å². The molecule has 0 aliphatic carbocycles. The van der Waals surface area contributed by atoms with Crippen molar-refractivity contribution < 1.29 is 32.6 Å². The molecule has 0 saturated carbocycles. The molecule has 4 rings (SSSR count). The third kappa shape index (κ3) is 2.78. The molecule has 0 spiro atoms. The lowest BCUT2D eigenvalue weighted by Crippen LogP contribution is -2.45. The second kappa shape index (κ2) is 6.41. The van der Waals surface area contributed by atoms with Gasteiger partial charge in [0.25, 0.3) is 5.91 Å². The highest BCUT2D eigenvalue weighted by Gasteiger charge is 2.55. The highest BCUT2D eigenvalue weighted by Crippen LogP contribution is 2.42. The number of aliphatic carboxylic acids is 1. The minimum Gasteiger partial charge on any atom is -0.481 e. The largest absolute Gasteiger partial charge is 0.481 e. The van der Waals surface area contributed by atoms with Gasteiger partial charge in [-0.05, 0) is 18.6 Å². The molecule has 0 unspecified atom stereocenters. The van der Waals surface area contributed by atoms with Gasteiger partial charge in [-0.3, -0.25) is 9.59 Å². The summed E-state index contributed by atoms with van der Waals surface area (Å²) in [7, 11) is 0. The van der Waals surface area contributed by atoms with Gasteiger partial charge < -0.3 is 19.2 Å². The van der Waals surface area contributed by atoms with Gasteiger partial charge in [0.05, 0.1) is 12.0 Å². The number of aromatic nitrogens is 1. The molecule has 2 aliphatic heterocycles. The number of ether oxygens (including phenoxy) is 1. The van der Waals surface area contributed by atoms with E-state index in [0.29, 0.717) is 13.0 Å². The number of fused-ring (bicyclic) bond motifs is 1. The van der Waals surface area contributed by atoms with E-state index in [-0.39, 0.29) is 37.2 Å². The average Bonchev–Trinajstić information content (AvgIpc) is 3.26. The van der Waals surface area contributed by atoms with E-state index in [1.165, 1.54) is 11.0 Å². The van der Waals surface area contributed by atoms with E-state index in [4.69, 9.17) is 9.15 Å². The Kier molecular flexibility index (Phi) is 4.18. The van der Waals surface area contributed by atoms with Crippen LogP contribution in [0.1, 0.15) is 16.9 Å². The number of carboxylic acid groups (broad SMARTS) is 1. The minimum absolute atomic E-state index is 0.0332. The maximum Gasteiger partial charge on any atom is 0.311 e. The number of halogens is 2. The van der Waals surface area contributed by atoms with Gasteiger partial charge in [0.15, 0.2) is 5.69 Å². The van der Waals surface area contributed by atoms with Crippen LogP contribution in [0.3, 0.4) is 0 Å². The normalized spacial score (nSPS) is 24.7. The van der Waals surface area contributed by atoms with E-state index in [2.05, 4.69) is 4.98 Å². The number of carboxylic acids is 1.